The van der Waals surface area contributed by atoms with Crippen LogP contribution >= 0.6 is 0 Å². The molecule has 174 valence electrons. The highest BCUT2D eigenvalue weighted by molar-refractivity contribution is 5.48. The molecule has 2 aliphatic heterocycles. The smallest absolute Gasteiger partial charge is 0.240 e. The largest absolute Gasteiger partial charge is 0.493 e. The number of aromatic nitrogens is 2. The lowest BCUT2D eigenvalue weighted by Gasteiger charge is -2.40. The summed E-state index contributed by atoms with van der Waals surface area (Å²) in [7, 11) is 3.40. The van der Waals surface area contributed by atoms with Crippen molar-refractivity contribution < 1.29 is 14.0 Å². The van der Waals surface area contributed by atoms with Gasteiger partial charge in [0.1, 0.15) is 0 Å². The van der Waals surface area contributed by atoms with E-state index in [1.54, 1.807) is 14.2 Å². The third-order valence-corrected chi connectivity index (χ3v) is 6.90. The fourth-order valence-electron chi connectivity index (χ4n) is 5.06. The van der Waals surface area contributed by atoms with E-state index < -0.39 is 0 Å². The van der Waals surface area contributed by atoms with E-state index in [0.29, 0.717) is 18.4 Å². The zero-order chi connectivity index (χ0) is 22.6. The topological polar surface area (TPSA) is 63.9 Å². The van der Waals surface area contributed by atoms with Crippen molar-refractivity contribution in [2.24, 2.45) is 0 Å². The summed E-state index contributed by atoms with van der Waals surface area (Å²) in [6.45, 7) is 4.91. The van der Waals surface area contributed by atoms with Crippen molar-refractivity contribution in [3.05, 3.63) is 70.9 Å². The van der Waals surface area contributed by atoms with E-state index in [1.165, 1.54) is 16.7 Å². The van der Waals surface area contributed by atoms with Gasteiger partial charge in [0.15, 0.2) is 17.3 Å². The van der Waals surface area contributed by atoms with Crippen molar-refractivity contribution in [1.82, 2.24) is 19.9 Å². The lowest BCUT2D eigenvalue weighted by Crippen LogP contribution is -2.46. The van der Waals surface area contributed by atoms with E-state index in [1.807, 2.05) is 18.2 Å². The molecule has 0 amide bonds. The molecule has 5 rings (SSSR count). The first-order valence-electron chi connectivity index (χ1n) is 11.8. The van der Waals surface area contributed by atoms with Crippen LogP contribution in [-0.4, -0.2) is 59.8 Å². The van der Waals surface area contributed by atoms with Crippen LogP contribution in [0.2, 0.25) is 0 Å². The molecule has 2 aromatic carbocycles. The number of piperidine rings is 1. The fraction of sp³-hybridized carbons (Fsp3) is 0.462. The van der Waals surface area contributed by atoms with Crippen LogP contribution in [0, 0.1) is 0 Å². The minimum Gasteiger partial charge on any atom is -0.493 e. The van der Waals surface area contributed by atoms with Crippen LogP contribution in [0.15, 0.2) is 47.0 Å². The molecule has 1 saturated heterocycles. The van der Waals surface area contributed by atoms with Crippen LogP contribution in [-0.2, 0) is 25.9 Å². The Hall–Kier alpha value is -2.90. The van der Waals surface area contributed by atoms with Gasteiger partial charge in [-0.1, -0.05) is 35.5 Å². The van der Waals surface area contributed by atoms with Crippen molar-refractivity contribution in [3.63, 3.8) is 0 Å². The molecule has 0 saturated carbocycles. The highest BCUT2D eigenvalue weighted by atomic mass is 16.5. The summed E-state index contributed by atoms with van der Waals surface area (Å²) in [5, 5.41) is 4.17. The first-order chi connectivity index (χ1) is 16.2. The molecular weight excluding hydrogens is 416 g/mol. The van der Waals surface area contributed by atoms with E-state index in [2.05, 4.69) is 44.2 Å². The molecule has 0 spiro atoms. The van der Waals surface area contributed by atoms with Crippen molar-refractivity contribution in [1.29, 1.82) is 0 Å². The van der Waals surface area contributed by atoms with E-state index in [9.17, 15) is 0 Å². The molecule has 33 heavy (non-hydrogen) atoms. The van der Waals surface area contributed by atoms with Gasteiger partial charge in [-0.25, -0.2) is 0 Å². The number of ether oxygens (including phenoxy) is 2. The molecule has 1 aromatic heterocycles. The van der Waals surface area contributed by atoms with Crippen LogP contribution in [0.3, 0.4) is 0 Å². The van der Waals surface area contributed by atoms with Gasteiger partial charge in [0.2, 0.25) is 5.89 Å². The number of nitrogens with zero attached hydrogens (tertiary/aromatic N) is 4. The van der Waals surface area contributed by atoms with E-state index in [0.717, 1.165) is 69.3 Å². The minimum atomic E-state index is 0.610. The zero-order valence-corrected chi connectivity index (χ0v) is 19.5. The van der Waals surface area contributed by atoms with Crippen LogP contribution in [0.1, 0.15) is 41.2 Å². The lowest BCUT2D eigenvalue weighted by atomic mass is 9.95. The molecule has 0 radical (unpaired) electrons. The van der Waals surface area contributed by atoms with Crippen molar-refractivity contribution in [2.45, 2.75) is 44.8 Å². The second-order valence-electron chi connectivity index (χ2n) is 8.97. The minimum absolute atomic E-state index is 0.610. The Balaban J connectivity index is 1.14. The quantitative estimate of drug-likeness (QED) is 0.546. The number of hydrogen-bond donors (Lipinski definition) is 0. The fourth-order valence-corrected chi connectivity index (χ4v) is 5.06. The highest BCUT2D eigenvalue weighted by Gasteiger charge is 2.28. The Morgan fingerprint density at radius 3 is 2.42 bits per heavy atom. The Bertz CT molecular complexity index is 1060. The Kier molecular flexibility index (Phi) is 6.60. The normalized spacial score (nSPS) is 17.6. The van der Waals surface area contributed by atoms with Gasteiger partial charge in [0.05, 0.1) is 20.8 Å². The second kappa shape index (κ2) is 9.93. The van der Waals surface area contributed by atoms with Crippen molar-refractivity contribution in [3.8, 4) is 11.5 Å². The average molecular weight is 449 g/mol. The van der Waals surface area contributed by atoms with Gasteiger partial charge < -0.3 is 14.0 Å². The van der Waals surface area contributed by atoms with E-state index in [4.69, 9.17) is 14.0 Å². The molecule has 0 aliphatic carbocycles. The molecule has 0 atom stereocenters. The Morgan fingerprint density at radius 1 is 0.970 bits per heavy atom. The number of likely N-dealkylation sites (tertiary alicyclic amines) is 1. The summed E-state index contributed by atoms with van der Waals surface area (Å²) in [6.07, 6.45) is 4.09. The second-order valence-corrected chi connectivity index (χ2v) is 8.97. The summed E-state index contributed by atoms with van der Waals surface area (Å²) >= 11 is 0. The van der Waals surface area contributed by atoms with Gasteiger partial charge >= 0.3 is 0 Å². The van der Waals surface area contributed by atoms with Crippen LogP contribution in [0.25, 0.3) is 0 Å². The van der Waals surface area contributed by atoms with Crippen LogP contribution < -0.4 is 9.47 Å². The van der Waals surface area contributed by atoms with Crippen LogP contribution in [0.5, 0.6) is 11.5 Å². The van der Waals surface area contributed by atoms with E-state index >= 15 is 0 Å². The van der Waals surface area contributed by atoms with Crippen molar-refractivity contribution >= 4 is 0 Å². The molecule has 0 bridgehead atoms. The first-order valence-corrected chi connectivity index (χ1v) is 11.8. The monoisotopic (exact) mass is 448 g/mol. The van der Waals surface area contributed by atoms with E-state index in [-0.39, 0.29) is 0 Å². The molecule has 3 heterocycles. The summed E-state index contributed by atoms with van der Waals surface area (Å²) in [6, 6.07) is 15.2. The third-order valence-electron chi connectivity index (χ3n) is 6.90. The van der Waals surface area contributed by atoms with Gasteiger partial charge in [-0.15, -0.1) is 0 Å². The molecule has 2 aliphatic rings. The SMILES string of the molecule is COc1cc2c(cc1OC)CN(C1CCN(Cc3nc(Cc4ccccc4)no3)CC1)CC2. The predicted molar refractivity (Wildman–Crippen MR) is 126 cm³/mol. The summed E-state index contributed by atoms with van der Waals surface area (Å²) in [4.78, 5) is 9.68. The Morgan fingerprint density at radius 2 is 1.70 bits per heavy atom. The van der Waals surface area contributed by atoms with Gasteiger partial charge in [-0.2, -0.15) is 4.98 Å². The molecule has 3 aromatic rings. The summed E-state index contributed by atoms with van der Waals surface area (Å²) in [5.74, 6) is 3.11. The predicted octanol–water partition coefficient (Wildman–Crippen LogP) is 3.70. The standard InChI is InChI=1S/C26H32N4O3/c1-31-23-15-20-8-13-30(17-21(20)16-24(23)32-2)22-9-11-29(12-10-22)18-26-27-25(28-33-26)14-19-6-4-3-5-7-19/h3-7,15-16,22H,8-14,17-18H2,1-2H3. The van der Waals surface area contributed by atoms with Crippen LogP contribution in [0.4, 0.5) is 0 Å². The third kappa shape index (κ3) is 5.04. The van der Waals surface area contributed by atoms with Gasteiger partial charge in [0.25, 0.3) is 0 Å². The maximum Gasteiger partial charge on any atom is 0.240 e. The molecule has 0 N–H and O–H groups in total. The number of fused-ring (bicyclic) bond motifs is 1. The molecule has 0 unspecified atom stereocenters. The number of rotatable bonds is 7. The number of benzene rings is 2. The van der Waals surface area contributed by atoms with Gasteiger partial charge in [-0.05, 0) is 48.1 Å². The van der Waals surface area contributed by atoms with Gasteiger partial charge in [-0.3, -0.25) is 9.80 Å². The number of methoxy groups -OCH3 is 2. The Labute approximate surface area is 195 Å². The number of hydrogen-bond acceptors (Lipinski definition) is 7. The molecule has 7 heteroatoms. The lowest BCUT2D eigenvalue weighted by molar-refractivity contribution is 0.0892. The zero-order valence-electron chi connectivity index (χ0n) is 19.5. The molecule has 1 fully saturated rings. The van der Waals surface area contributed by atoms with Gasteiger partial charge in [0, 0.05) is 38.6 Å². The molecule has 7 nitrogen and oxygen atoms in total. The molecular formula is C26H32N4O3. The maximum atomic E-state index is 5.53. The maximum absolute atomic E-state index is 5.53. The first kappa shape index (κ1) is 21.9. The average Bonchev–Trinajstić information content (AvgIpc) is 3.30. The highest BCUT2D eigenvalue weighted by Crippen LogP contribution is 2.34. The summed E-state index contributed by atoms with van der Waals surface area (Å²) < 4.78 is 16.5. The summed E-state index contributed by atoms with van der Waals surface area (Å²) in [5.41, 5.74) is 3.94. The van der Waals surface area contributed by atoms with Crippen molar-refractivity contribution in [2.75, 3.05) is 33.9 Å².